The van der Waals surface area contributed by atoms with Crippen molar-refractivity contribution in [3.05, 3.63) is 0 Å². The number of carbonyl (C=O) groups is 2. The molecule has 0 aliphatic rings. The van der Waals surface area contributed by atoms with Gasteiger partial charge in [0.15, 0.2) is 11.4 Å². The lowest BCUT2D eigenvalue weighted by Crippen LogP contribution is -2.60. The number of carboxylic acid groups (broad SMARTS) is 1. The maximum absolute atomic E-state index is 10.4. The van der Waals surface area contributed by atoms with Crippen LogP contribution in [0.1, 0.15) is 6.92 Å². The smallest absolute Gasteiger partial charge is 0.479 e. The summed E-state index contributed by atoms with van der Waals surface area (Å²) in [5, 5.41) is 44.9. The number of rotatable bonds is 5. The highest BCUT2D eigenvalue weighted by atomic mass is 31.1. The van der Waals surface area contributed by atoms with Gasteiger partial charge in [-0.15, -0.1) is 0 Å². The van der Waals surface area contributed by atoms with Gasteiger partial charge in [0.25, 0.3) is 0 Å². The first-order valence-corrected chi connectivity index (χ1v) is 4.90. The minimum absolute atomic E-state index is 0.883. The molecular weight excluding hydrogens is 263 g/mol. The number of ketones is 1. The Kier molecular flexibility index (Phi) is 8.80. The number of hydrogen-bond acceptors (Lipinski definition) is 10. The normalized spacial score (nSPS) is 16.0. The molecule has 17 heavy (non-hydrogen) atoms. The standard InChI is InChI=1S/C6H10O6.HO4P/c1-3(8)4(9)6(12,2-7)5(10)11;1-4-5(2)3/h4,7,9,12H,2H2,1H3,(H,10,11);1H/p-2. The zero-order valence-corrected chi connectivity index (χ0v) is 9.33. The Morgan fingerprint density at radius 1 is 1.53 bits per heavy atom. The van der Waals surface area contributed by atoms with E-state index in [-0.39, 0.29) is 0 Å². The summed E-state index contributed by atoms with van der Waals surface area (Å²) in [7, 11) is -3.15. The van der Waals surface area contributed by atoms with Crippen molar-refractivity contribution in [3.63, 3.8) is 0 Å². The molecule has 0 fully saturated rings. The monoisotopic (exact) mass is 272 g/mol. The summed E-state index contributed by atoms with van der Waals surface area (Å²) in [6, 6.07) is 0. The number of aliphatic hydroxyl groups excluding tert-OH is 2. The maximum Gasteiger partial charge on any atom is 0.479 e. The Morgan fingerprint density at radius 3 is 1.94 bits per heavy atom. The number of carboxylic acids is 1. The van der Waals surface area contributed by atoms with Crippen molar-refractivity contribution < 1.29 is 49.4 Å². The lowest BCUT2D eigenvalue weighted by molar-refractivity contribution is -0.644. The fourth-order valence-corrected chi connectivity index (χ4v) is 0.599. The summed E-state index contributed by atoms with van der Waals surface area (Å²) in [6.45, 7) is -0.398. The van der Waals surface area contributed by atoms with E-state index in [4.69, 9.17) is 30.0 Å². The molecule has 3 atom stereocenters. The Balaban J connectivity index is 0. The van der Waals surface area contributed by atoms with Gasteiger partial charge in [0.1, 0.15) is 6.10 Å². The molecule has 0 spiro atoms. The van der Waals surface area contributed by atoms with Crippen LogP contribution in [0.25, 0.3) is 0 Å². The first-order chi connectivity index (χ1) is 7.63. The van der Waals surface area contributed by atoms with Gasteiger partial charge in [-0.1, -0.05) is 0 Å². The van der Waals surface area contributed by atoms with Gasteiger partial charge < -0.3 is 35.4 Å². The van der Waals surface area contributed by atoms with Crippen LogP contribution in [0.5, 0.6) is 0 Å². The highest BCUT2D eigenvalue weighted by molar-refractivity contribution is 7.30. The largest absolute Gasteiger partial charge is 0.674 e. The fraction of sp³-hybridized carbons (Fsp3) is 0.667. The molecule has 0 radical (unpaired) electrons. The van der Waals surface area contributed by atoms with Gasteiger partial charge in [-0.3, -0.25) is 4.79 Å². The van der Waals surface area contributed by atoms with Crippen LogP contribution in [-0.4, -0.2) is 45.4 Å². The Labute approximate surface area is 95.6 Å². The molecule has 0 bridgehead atoms. The van der Waals surface area contributed by atoms with Crippen LogP contribution in [0, 0.1) is 0 Å². The van der Waals surface area contributed by atoms with E-state index in [9.17, 15) is 14.7 Å². The molecule has 0 aromatic rings. The predicted octanol–water partition coefficient (Wildman–Crippen LogP) is -5.29. The van der Waals surface area contributed by atoms with Crippen LogP contribution >= 0.6 is 8.25 Å². The van der Waals surface area contributed by atoms with Gasteiger partial charge in [-0.05, 0) is 11.5 Å². The van der Waals surface area contributed by atoms with Crippen molar-refractivity contribution in [1.29, 1.82) is 0 Å². The first kappa shape index (κ1) is 18.4. The van der Waals surface area contributed by atoms with Gasteiger partial charge in [0.05, 0.1) is 12.6 Å². The van der Waals surface area contributed by atoms with Crippen molar-refractivity contribution in [2.24, 2.45) is 0 Å². The van der Waals surface area contributed by atoms with E-state index in [0.29, 0.717) is 0 Å². The quantitative estimate of drug-likeness (QED) is 0.247. The lowest BCUT2D eigenvalue weighted by atomic mass is 9.95. The summed E-state index contributed by atoms with van der Waals surface area (Å²) >= 11 is 0. The second-order valence-corrected chi connectivity index (χ2v) is 3.28. The van der Waals surface area contributed by atoms with E-state index in [1.807, 2.05) is 0 Å². The van der Waals surface area contributed by atoms with E-state index in [1.54, 1.807) is 0 Å². The average Bonchev–Trinajstić information content (AvgIpc) is 2.27. The van der Waals surface area contributed by atoms with Crippen LogP contribution in [0.15, 0.2) is 0 Å². The third-order valence-corrected chi connectivity index (χ3v) is 1.61. The summed E-state index contributed by atoms with van der Waals surface area (Å²) in [5.41, 5.74) is -2.91. The average molecular weight is 272 g/mol. The second kappa shape index (κ2) is 8.14. The molecule has 11 heteroatoms. The molecule has 3 N–H and O–H groups in total. The molecule has 100 valence electrons. The van der Waals surface area contributed by atoms with Crippen LogP contribution in [0.4, 0.5) is 0 Å². The van der Waals surface area contributed by atoms with Gasteiger partial charge in [-0.2, -0.15) is 0 Å². The summed E-state index contributed by atoms with van der Waals surface area (Å²) in [6.07, 6.45) is -2.17. The van der Waals surface area contributed by atoms with Gasteiger partial charge >= 0.3 is 8.25 Å². The summed E-state index contributed by atoms with van der Waals surface area (Å²) in [5.74, 6) is -3.05. The van der Waals surface area contributed by atoms with E-state index >= 15 is 0 Å². The zero-order chi connectivity index (χ0) is 14.2. The zero-order valence-electron chi connectivity index (χ0n) is 8.43. The lowest BCUT2D eigenvalue weighted by Gasteiger charge is -2.30. The topological polar surface area (TPSA) is 190 Å². The van der Waals surface area contributed by atoms with E-state index in [0.717, 1.165) is 6.92 Å². The Hall–Kier alpha value is -1.00. The van der Waals surface area contributed by atoms with Crippen LogP contribution in [-0.2, 0) is 18.8 Å². The fourth-order valence-electron chi connectivity index (χ4n) is 0.599. The third kappa shape index (κ3) is 6.34. The SMILES string of the molecule is CC(=O)C(O)C(O)(CO)C(=O)[O-].O=[P+]([O-])O[O-]. The van der Waals surface area contributed by atoms with Crippen molar-refractivity contribution >= 4 is 20.0 Å². The molecule has 0 saturated carbocycles. The Bertz CT molecular complexity index is 291. The van der Waals surface area contributed by atoms with Crippen molar-refractivity contribution in [3.8, 4) is 0 Å². The highest BCUT2D eigenvalue weighted by Gasteiger charge is 2.39. The van der Waals surface area contributed by atoms with Gasteiger partial charge in [-0.25, -0.2) is 4.67 Å². The molecule has 0 aliphatic heterocycles. The molecule has 0 aromatic heterocycles. The maximum atomic E-state index is 10.4. The van der Waals surface area contributed by atoms with Gasteiger partial charge in [0.2, 0.25) is 0 Å². The Morgan fingerprint density at radius 2 is 1.88 bits per heavy atom. The predicted molar refractivity (Wildman–Crippen MR) is 42.4 cm³/mol. The molecule has 0 rings (SSSR count). The first-order valence-electron chi connectivity index (χ1n) is 3.81. The van der Waals surface area contributed by atoms with Crippen molar-refractivity contribution in [1.82, 2.24) is 0 Å². The van der Waals surface area contributed by atoms with Crippen LogP contribution in [0.3, 0.4) is 0 Å². The molecule has 0 amide bonds. The number of carbonyl (C=O) groups excluding carboxylic acids is 2. The molecule has 3 unspecified atom stereocenters. The second-order valence-electron chi connectivity index (χ2n) is 2.68. The van der Waals surface area contributed by atoms with E-state index in [2.05, 4.69) is 4.67 Å². The number of aliphatic hydroxyl groups is 3. The minimum Gasteiger partial charge on any atom is -0.674 e. The molecular formula is C6H9O10P-2. The van der Waals surface area contributed by atoms with Crippen molar-refractivity contribution in [2.75, 3.05) is 6.61 Å². The van der Waals surface area contributed by atoms with Gasteiger partial charge in [0, 0.05) is 0 Å². The number of Topliss-reactive ketones (excluding diaryl/α,β-unsaturated/α-hetero) is 1. The van der Waals surface area contributed by atoms with Crippen LogP contribution in [0.2, 0.25) is 0 Å². The van der Waals surface area contributed by atoms with E-state index in [1.165, 1.54) is 0 Å². The van der Waals surface area contributed by atoms with Crippen LogP contribution < -0.4 is 15.3 Å². The molecule has 0 saturated heterocycles. The molecule has 10 nitrogen and oxygen atoms in total. The van der Waals surface area contributed by atoms with E-state index < -0.39 is 38.3 Å². The molecule has 0 heterocycles. The summed E-state index contributed by atoms with van der Waals surface area (Å²) in [4.78, 5) is 29.5. The number of aliphatic carboxylic acids is 1. The molecule has 0 aliphatic carbocycles. The third-order valence-electron chi connectivity index (χ3n) is 1.49. The number of hydrogen-bond donors (Lipinski definition) is 3. The minimum atomic E-state index is -3.15. The molecule has 0 aromatic carbocycles. The highest BCUT2D eigenvalue weighted by Crippen LogP contribution is 2.09. The summed E-state index contributed by atoms with van der Waals surface area (Å²) < 4.78 is 11.3. The van der Waals surface area contributed by atoms with Crippen molar-refractivity contribution in [2.45, 2.75) is 18.6 Å².